The molecule has 2 rings (SSSR count). The molecule has 0 spiro atoms. The summed E-state index contributed by atoms with van der Waals surface area (Å²) >= 11 is 0. The first kappa shape index (κ1) is 24.9. The van der Waals surface area contributed by atoms with Gasteiger partial charge in [-0.3, -0.25) is 4.79 Å². The molecule has 0 bridgehead atoms. The fraction of sp³-hybridized carbons (Fsp3) is 0.400. The van der Waals surface area contributed by atoms with Crippen LogP contribution in [0, 0.1) is 5.92 Å². The van der Waals surface area contributed by atoms with Crippen molar-refractivity contribution in [3.63, 3.8) is 0 Å². The molecule has 172 valence electrons. The predicted molar refractivity (Wildman–Crippen MR) is 120 cm³/mol. The number of hydrogen-bond acceptors (Lipinski definition) is 6. The monoisotopic (exact) mass is 441 g/mol. The summed E-state index contributed by atoms with van der Waals surface area (Å²) in [6, 6.07) is 17.5. The third kappa shape index (κ3) is 8.79. The molecule has 0 saturated carbocycles. The maximum atomic E-state index is 12.9. The number of benzene rings is 2. The summed E-state index contributed by atoms with van der Waals surface area (Å²) in [4.78, 5) is 37.7. The van der Waals surface area contributed by atoms with Crippen LogP contribution >= 0.6 is 0 Å². The van der Waals surface area contributed by atoms with Gasteiger partial charge < -0.3 is 19.5 Å². The van der Waals surface area contributed by atoms with E-state index in [0.29, 0.717) is 6.42 Å². The zero-order valence-electron chi connectivity index (χ0n) is 19.0. The van der Waals surface area contributed by atoms with Crippen molar-refractivity contribution in [1.82, 2.24) is 5.32 Å². The molecule has 2 atom stereocenters. The fourth-order valence-corrected chi connectivity index (χ4v) is 3.11. The Kier molecular flexibility index (Phi) is 9.25. The zero-order valence-corrected chi connectivity index (χ0v) is 19.0. The SMILES string of the molecule is COC(=O)C(Cc1ccccc1)CC(NC(=O)OC(C)(C)C)C(=O)OCc1ccccc1. The maximum absolute atomic E-state index is 12.9. The molecule has 2 aromatic carbocycles. The van der Waals surface area contributed by atoms with Crippen molar-refractivity contribution in [3.05, 3.63) is 71.8 Å². The number of esters is 2. The van der Waals surface area contributed by atoms with E-state index in [-0.39, 0.29) is 13.0 Å². The highest BCUT2D eigenvalue weighted by Crippen LogP contribution is 2.18. The first-order valence-corrected chi connectivity index (χ1v) is 10.5. The fourth-order valence-electron chi connectivity index (χ4n) is 3.11. The molecule has 0 heterocycles. The van der Waals surface area contributed by atoms with Crippen molar-refractivity contribution in [3.8, 4) is 0 Å². The Morgan fingerprint density at radius 3 is 1.97 bits per heavy atom. The third-order valence-electron chi connectivity index (χ3n) is 4.58. The summed E-state index contributed by atoms with van der Waals surface area (Å²) in [6.45, 7) is 5.22. The van der Waals surface area contributed by atoms with Crippen LogP contribution in [0.4, 0.5) is 4.79 Å². The minimum absolute atomic E-state index is 0.00837. The van der Waals surface area contributed by atoms with Gasteiger partial charge in [-0.1, -0.05) is 60.7 Å². The molecule has 32 heavy (non-hydrogen) atoms. The van der Waals surface area contributed by atoms with Gasteiger partial charge in [-0.05, 0) is 44.7 Å². The Balaban J connectivity index is 2.16. The van der Waals surface area contributed by atoms with Crippen LogP contribution in [0.3, 0.4) is 0 Å². The quantitative estimate of drug-likeness (QED) is 0.466. The highest BCUT2D eigenvalue weighted by molar-refractivity contribution is 5.82. The molecule has 0 saturated heterocycles. The number of amides is 1. The van der Waals surface area contributed by atoms with Crippen molar-refractivity contribution in [2.45, 2.75) is 51.9 Å². The Morgan fingerprint density at radius 2 is 1.44 bits per heavy atom. The van der Waals surface area contributed by atoms with E-state index in [1.165, 1.54) is 7.11 Å². The lowest BCUT2D eigenvalue weighted by atomic mass is 9.92. The highest BCUT2D eigenvalue weighted by atomic mass is 16.6. The van der Waals surface area contributed by atoms with Crippen LogP contribution in [0.25, 0.3) is 0 Å². The molecule has 0 aliphatic carbocycles. The van der Waals surface area contributed by atoms with Gasteiger partial charge >= 0.3 is 18.0 Å². The van der Waals surface area contributed by atoms with Gasteiger partial charge in [0.05, 0.1) is 13.0 Å². The summed E-state index contributed by atoms with van der Waals surface area (Å²) in [5.74, 6) is -1.78. The maximum Gasteiger partial charge on any atom is 0.408 e. The molecule has 0 radical (unpaired) electrons. The summed E-state index contributed by atoms with van der Waals surface area (Å²) in [7, 11) is 1.30. The van der Waals surface area contributed by atoms with Gasteiger partial charge in [0.25, 0.3) is 0 Å². The molecule has 2 unspecified atom stereocenters. The van der Waals surface area contributed by atoms with Gasteiger partial charge in [0.15, 0.2) is 0 Å². The lowest BCUT2D eigenvalue weighted by Crippen LogP contribution is -2.46. The topological polar surface area (TPSA) is 90.9 Å². The van der Waals surface area contributed by atoms with Crippen LogP contribution in [0.15, 0.2) is 60.7 Å². The molecule has 2 aromatic rings. The van der Waals surface area contributed by atoms with Crippen LogP contribution < -0.4 is 5.32 Å². The lowest BCUT2D eigenvalue weighted by molar-refractivity contribution is -0.150. The third-order valence-corrected chi connectivity index (χ3v) is 4.58. The molecule has 0 aliphatic rings. The van der Waals surface area contributed by atoms with Gasteiger partial charge in [0, 0.05) is 0 Å². The Hall–Kier alpha value is -3.35. The summed E-state index contributed by atoms with van der Waals surface area (Å²) < 4.78 is 15.7. The first-order valence-electron chi connectivity index (χ1n) is 10.5. The lowest BCUT2D eigenvalue weighted by Gasteiger charge is -2.25. The van der Waals surface area contributed by atoms with Gasteiger partial charge in [0.2, 0.25) is 0 Å². The number of carbonyl (C=O) groups excluding carboxylic acids is 3. The zero-order chi connectivity index (χ0) is 23.6. The molecule has 0 aliphatic heterocycles. The Bertz CT molecular complexity index is 876. The van der Waals surface area contributed by atoms with E-state index in [1.54, 1.807) is 20.8 Å². The minimum atomic E-state index is -1.08. The van der Waals surface area contributed by atoms with Crippen LogP contribution in [0.2, 0.25) is 0 Å². The molecule has 7 nitrogen and oxygen atoms in total. The van der Waals surface area contributed by atoms with Crippen LogP contribution in [-0.2, 0) is 36.8 Å². The highest BCUT2D eigenvalue weighted by Gasteiger charge is 2.32. The van der Waals surface area contributed by atoms with E-state index in [2.05, 4.69) is 5.32 Å². The van der Waals surface area contributed by atoms with Crippen molar-refractivity contribution < 1.29 is 28.6 Å². The van der Waals surface area contributed by atoms with Gasteiger partial charge in [-0.15, -0.1) is 0 Å². The van der Waals surface area contributed by atoms with Gasteiger partial charge in [-0.2, -0.15) is 0 Å². The normalized spacial score (nSPS) is 12.9. The molecule has 1 N–H and O–H groups in total. The number of nitrogens with one attached hydrogen (secondary N) is 1. The van der Waals surface area contributed by atoms with Gasteiger partial charge in [0.1, 0.15) is 18.2 Å². The van der Waals surface area contributed by atoms with E-state index in [0.717, 1.165) is 11.1 Å². The number of methoxy groups -OCH3 is 1. The van der Waals surface area contributed by atoms with E-state index < -0.39 is 35.6 Å². The van der Waals surface area contributed by atoms with E-state index >= 15 is 0 Å². The molecule has 0 aromatic heterocycles. The standard InChI is InChI=1S/C25H31NO6/c1-25(2,3)32-24(29)26-21(23(28)31-17-19-13-9-6-10-14-19)16-20(22(27)30-4)15-18-11-7-5-8-12-18/h5-14,20-21H,15-17H2,1-4H3,(H,26,29). The van der Waals surface area contributed by atoms with Crippen LogP contribution in [-0.4, -0.2) is 36.8 Å². The summed E-state index contributed by atoms with van der Waals surface area (Å²) in [5, 5.41) is 2.56. The van der Waals surface area contributed by atoms with Gasteiger partial charge in [-0.25, -0.2) is 9.59 Å². The average Bonchev–Trinajstić information content (AvgIpc) is 2.76. The molecular weight excluding hydrogens is 410 g/mol. The second-order valence-electron chi connectivity index (χ2n) is 8.44. The van der Waals surface area contributed by atoms with Crippen LogP contribution in [0.5, 0.6) is 0 Å². The Labute approximate surface area is 189 Å². The van der Waals surface area contributed by atoms with Crippen molar-refractivity contribution in [1.29, 1.82) is 0 Å². The average molecular weight is 442 g/mol. The number of alkyl carbamates (subject to hydrolysis) is 1. The second-order valence-corrected chi connectivity index (χ2v) is 8.44. The molecule has 1 amide bonds. The smallest absolute Gasteiger partial charge is 0.408 e. The largest absolute Gasteiger partial charge is 0.469 e. The predicted octanol–water partition coefficient (Wildman–Crippen LogP) is 4.05. The van der Waals surface area contributed by atoms with E-state index in [4.69, 9.17) is 14.2 Å². The summed E-state index contributed by atoms with van der Waals surface area (Å²) in [5.41, 5.74) is 0.983. The number of hydrogen-bond donors (Lipinski definition) is 1. The number of carbonyl (C=O) groups is 3. The van der Waals surface area contributed by atoms with Crippen molar-refractivity contribution in [2.75, 3.05) is 7.11 Å². The molecular formula is C25H31NO6. The van der Waals surface area contributed by atoms with Crippen molar-refractivity contribution in [2.24, 2.45) is 5.92 Å². The molecule has 0 fully saturated rings. The van der Waals surface area contributed by atoms with Crippen LogP contribution in [0.1, 0.15) is 38.3 Å². The summed E-state index contributed by atoms with van der Waals surface area (Å²) in [6.07, 6.45) is -0.400. The van der Waals surface area contributed by atoms with Crippen molar-refractivity contribution >= 4 is 18.0 Å². The number of ether oxygens (including phenoxy) is 3. The minimum Gasteiger partial charge on any atom is -0.469 e. The first-order chi connectivity index (χ1) is 15.2. The number of rotatable bonds is 9. The van der Waals surface area contributed by atoms with E-state index in [9.17, 15) is 14.4 Å². The second kappa shape index (κ2) is 11.9. The molecule has 7 heteroatoms. The Morgan fingerprint density at radius 1 is 0.875 bits per heavy atom. The van der Waals surface area contributed by atoms with E-state index in [1.807, 2.05) is 60.7 Å².